The first-order valence-electron chi connectivity index (χ1n) is 10.9. The van der Waals surface area contributed by atoms with E-state index < -0.39 is 24.5 Å². The maximum atomic E-state index is 13.0. The molecule has 1 amide bonds. The molecule has 4 aromatic rings. The number of aliphatic carboxylic acids is 1. The van der Waals surface area contributed by atoms with Crippen molar-refractivity contribution in [1.82, 2.24) is 15.3 Å². The van der Waals surface area contributed by atoms with E-state index in [4.69, 9.17) is 11.6 Å². The number of carbonyl (C=O) groups is 2. The van der Waals surface area contributed by atoms with Gasteiger partial charge in [0.15, 0.2) is 0 Å². The minimum atomic E-state index is -1.11. The van der Waals surface area contributed by atoms with Gasteiger partial charge >= 0.3 is 5.97 Å². The van der Waals surface area contributed by atoms with Crippen molar-refractivity contribution in [1.29, 1.82) is 0 Å². The summed E-state index contributed by atoms with van der Waals surface area (Å²) in [4.78, 5) is 31.6. The zero-order chi connectivity index (χ0) is 24.1. The predicted molar refractivity (Wildman–Crippen MR) is 131 cm³/mol. The number of rotatable bonds is 9. The number of aliphatic hydroxyl groups excluding tert-OH is 1. The highest BCUT2D eigenvalue weighted by molar-refractivity contribution is 6.35. The molecule has 0 saturated carbocycles. The molecule has 0 aliphatic rings. The van der Waals surface area contributed by atoms with Gasteiger partial charge < -0.3 is 20.5 Å². The smallest absolute Gasteiger partial charge is 0.308 e. The highest BCUT2D eigenvalue weighted by Gasteiger charge is 2.24. The van der Waals surface area contributed by atoms with Crippen molar-refractivity contribution in [2.45, 2.75) is 18.9 Å². The van der Waals surface area contributed by atoms with Gasteiger partial charge in [0.25, 0.3) is 5.91 Å². The first kappa shape index (κ1) is 23.5. The Balaban J connectivity index is 1.54. The number of carboxylic acids is 1. The molecule has 1 heterocycles. The lowest BCUT2D eigenvalue weighted by Gasteiger charge is -2.22. The average molecular weight is 478 g/mol. The van der Waals surface area contributed by atoms with Gasteiger partial charge in [-0.25, -0.2) is 4.98 Å². The molecular formula is C26H24ClN3O4. The minimum Gasteiger partial charge on any atom is -0.481 e. The number of H-pyrrole nitrogens is 1. The number of aliphatic hydroxyl groups is 1. The van der Waals surface area contributed by atoms with E-state index in [-0.39, 0.29) is 12.3 Å². The van der Waals surface area contributed by atoms with E-state index in [1.54, 1.807) is 6.07 Å². The Bertz CT molecular complexity index is 1290. The number of amides is 1. The third-order valence-electron chi connectivity index (χ3n) is 5.76. The number of nitrogens with one attached hydrogen (secondary N) is 2. The zero-order valence-electron chi connectivity index (χ0n) is 18.2. The lowest BCUT2D eigenvalue weighted by atomic mass is 9.94. The van der Waals surface area contributed by atoms with E-state index in [1.165, 1.54) is 12.4 Å². The highest BCUT2D eigenvalue weighted by atomic mass is 35.5. The second-order valence-corrected chi connectivity index (χ2v) is 8.55. The summed E-state index contributed by atoms with van der Waals surface area (Å²) in [5.41, 5.74) is 4.63. The lowest BCUT2D eigenvalue weighted by molar-refractivity contribution is -0.143. The standard InChI is InChI=1S/C26H24ClN3O4/c27-22-12-19(13-23-24(22)29-15-28-23)25(32)30-21(11-20(14-31)26(33)34)10-16-6-8-18(9-7-16)17-4-2-1-3-5-17/h1-9,12-13,15,20-21,31H,10-11,14H2,(H,28,29)(H,30,32)(H,33,34). The van der Waals surface area contributed by atoms with Crippen molar-refractivity contribution >= 4 is 34.5 Å². The molecule has 2 atom stereocenters. The quantitative estimate of drug-likeness (QED) is 0.287. The number of imidazole rings is 1. The van der Waals surface area contributed by atoms with Crippen molar-refractivity contribution < 1.29 is 19.8 Å². The number of carboxylic acid groups (broad SMARTS) is 1. The van der Waals surface area contributed by atoms with Crippen LogP contribution in [0.1, 0.15) is 22.3 Å². The van der Waals surface area contributed by atoms with E-state index in [0.29, 0.717) is 28.0 Å². The number of hydrogen-bond donors (Lipinski definition) is 4. The molecule has 0 aliphatic heterocycles. The van der Waals surface area contributed by atoms with Crippen molar-refractivity contribution in [2.24, 2.45) is 5.92 Å². The minimum absolute atomic E-state index is 0.0814. The largest absolute Gasteiger partial charge is 0.481 e. The van der Waals surface area contributed by atoms with Gasteiger partial charge in [0, 0.05) is 11.6 Å². The third kappa shape index (κ3) is 5.44. The maximum Gasteiger partial charge on any atom is 0.308 e. The molecule has 0 fully saturated rings. The first-order chi connectivity index (χ1) is 16.4. The molecule has 174 valence electrons. The molecule has 7 nitrogen and oxygen atoms in total. The van der Waals surface area contributed by atoms with Crippen LogP contribution in [0.15, 0.2) is 73.1 Å². The zero-order valence-corrected chi connectivity index (χ0v) is 19.0. The number of aromatic amines is 1. The topological polar surface area (TPSA) is 115 Å². The molecule has 2 unspecified atom stereocenters. The Kier molecular flexibility index (Phi) is 7.25. The Hall–Kier alpha value is -3.68. The average Bonchev–Trinajstić information content (AvgIpc) is 3.32. The van der Waals surface area contributed by atoms with Gasteiger partial charge in [-0.2, -0.15) is 0 Å². The van der Waals surface area contributed by atoms with Gasteiger partial charge in [-0.1, -0.05) is 66.2 Å². The monoisotopic (exact) mass is 477 g/mol. The van der Waals surface area contributed by atoms with Crippen LogP contribution in [0.2, 0.25) is 5.02 Å². The second kappa shape index (κ2) is 10.5. The number of benzene rings is 3. The summed E-state index contributed by atoms with van der Waals surface area (Å²) < 4.78 is 0. The maximum absolute atomic E-state index is 13.0. The van der Waals surface area contributed by atoms with E-state index in [2.05, 4.69) is 15.3 Å². The third-order valence-corrected chi connectivity index (χ3v) is 6.04. The fourth-order valence-corrected chi connectivity index (χ4v) is 4.21. The molecule has 0 bridgehead atoms. The Morgan fingerprint density at radius 2 is 1.74 bits per heavy atom. The number of aromatic nitrogens is 2. The van der Waals surface area contributed by atoms with Crippen LogP contribution in [-0.4, -0.2) is 44.7 Å². The van der Waals surface area contributed by atoms with E-state index in [1.807, 2.05) is 54.6 Å². The molecule has 0 spiro atoms. The van der Waals surface area contributed by atoms with Gasteiger partial charge in [0.1, 0.15) is 5.52 Å². The number of halogens is 1. The van der Waals surface area contributed by atoms with Crippen LogP contribution in [0.3, 0.4) is 0 Å². The Morgan fingerprint density at radius 1 is 1.03 bits per heavy atom. The van der Waals surface area contributed by atoms with E-state index in [9.17, 15) is 19.8 Å². The van der Waals surface area contributed by atoms with Gasteiger partial charge in [0.05, 0.1) is 29.4 Å². The van der Waals surface area contributed by atoms with Crippen LogP contribution in [0.25, 0.3) is 22.2 Å². The van der Waals surface area contributed by atoms with Crippen molar-refractivity contribution in [2.75, 3.05) is 6.61 Å². The van der Waals surface area contributed by atoms with Crippen LogP contribution in [0.4, 0.5) is 0 Å². The summed E-state index contributed by atoms with van der Waals surface area (Å²) in [6.45, 7) is -0.513. The van der Waals surface area contributed by atoms with Crippen molar-refractivity contribution in [3.63, 3.8) is 0 Å². The van der Waals surface area contributed by atoms with E-state index in [0.717, 1.165) is 16.7 Å². The number of nitrogens with zero attached hydrogens (tertiary/aromatic N) is 1. The molecular weight excluding hydrogens is 454 g/mol. The van der Waals surface area contributed by atoms with Gasteiger partial charge in [-0.15, -0.1) is 0 Å². The normalized spacial score (nSPS) is 12.9. The van der Waals surface area contributed by atoms with Gasteiger partial charge in [-0.05, 0) is 41.7 Å². The van der Waals surface area contributed by atoms with Crippen LogP contribution in [-0.2, 0) is 11.2 Å². The van der Waals surface area contributed by atoms with Crippen LogP contribution < -0.4 is 5.32 Å². The fraction of sp³-hybridized carbons (Fsp3) is 0.192. The van der Waals surface area contributed by atoms with Crippen LogP contribution in [0, 0.1) is 5.92 Å². The lowest BCUT2D eigenvalue weighted by Crippen LogP contribution is -2.39. The summed E-state index contributed by atoms with van der Waals surface area (Å²) in [6, 6.07) is 20.5. The highest BCUT2D eigenvalue weighted by Crippen LogP contribution is 2.24. The molecule has 3 aromatic carbocycles. The van der Waals surface area contributed by atoms with E-state index >= 15 is 0 Å². The predicted octanol–water partition coefficient (Wildman–Crippen LogP) is 4.31. The Morgan fingerprint density at radius 3 is 2.41 bits per heavy atom. The molecule has 34 heavy (non-hydrogen) atoms. The Labute approximate surface area is 201 Å². The van der Waals surface area contributed by atoms with Crippen molar-refractivity contribution in [3.8, 4) is 11.1 Å². The molecule has 4 rings (SSSR count). The number of hydrogen-bond acceptors (Lipinski definition) is 4. The fourth-order valence-electron chi connectivity index (χ4n) is 3.95. The SMILES string of the molecule is O=C(NC(Cc1ccc(-c2ccccc2)cc1)CC(CO)C(=O)O)c1cc(Cl)c2nc[nH]c2c1. The first-order valence-corrected chi connectivity index (χ1v) is 11.2. The second-order valence-electron chi connectivity index (χ2n) is 8.15. The summed E-state index contributed by atoms with van der Waals surface area (Å²) in [5.74, 6) is -2.48. The number of carbonyl (C=O) groups excluding carboxylic acids is 1. The van der Waals surface area contributed by atoms with Crippen molar-refractivity contribution in [3.05, 3.63) is 89.2 Å². The number of fused-ring (bicyclic) bond motifs is 1. The van der Waals surface area contributed by atoms with Gasteiger partial charge in [0.2, 0.25) is 0 Å². The molecule has 0 radical (unpaired) electrons. The molecule has 1 aromatic heterocycles. The van der Waals surface area contributed by atoms with Crippen LogP contribution >= 0.6 is 11.6 Å². The summed E-state index contributed by atoms with van der Waals surface area (Å²) in [7, 11) is 0. The molecule has 4 N–H and O–H groups in total. The van der Waals surface area contributed by atoms with Crippen LogP contribution in [0.5, 0.6) is 0 Å². The summed E-state index contributed by atoms with van der Waals surface area (Å²) >= 11 is 6.25. The van der Waals surface area contributed by atoms with Gasteiger partial charge in [-0.3, -0.25) is 9.59 Å². The summed E-state index contributed by atoms with van der Waals surface area (Å²) in [6.07, 6.45) is 1.99. The summed E-state index contributed by atoms with van der Waals surface area (Å²) in [5, 5.41) is 22.2. The molecule has 0 aliphatic carbocycles. The molecule has 8 heteroatoms. The molecule has 0 saturated heterocycles.